The zero-order valence-electron chi connectivity index (χ0n) is 10.6. The van der Waals surface area contributed by atoms with Gasteiger partial charge in [-0.1, -0.05) is 33.6 Å². The minimum Gasteiger partial charge on any atom is -0.336 e. The van der Waals surface area contributed by atoms with Crippen LogP contribution in [0.4, 0.5) is 0 Å². The molecule has 1 rings (SSSR count). The van der Waals surface area contributed by atoms with E-state index < -0.39 is 0 Å². The van der Waals surface area contributed by atoms with Crippen molar-refractivity contribution >= 4 is 33.4 Å². The van der Waals surface area contributed by atoms with E-state index in [0.717, 1.165) is 5.56 Å². The molecule has 0 atom stereocenters. The first-order valence-corrected chi connectivity index (χ1v) is 6.90. The van der Waals surface area contributed by atoms with Gasteiger partial charge in [0.1, 0.15) is 0 Å². The Labute approximate surface area is 116 Å². The SMILES string of the molecule is Cc1ccc(C(=O)N(C)C(C)(C)CBr)c(Cl)c1. The van der Waals surface area contributed by atoms with Crippen molar-refractivity contribution in [2.45, 2.75) is 26.3 Å². The molecule has 0 unspecified atom stereocenters. The molecule has 0 fully saturated rings. The first-order chi connectivity index (χ1) is 7.79. The smallest absolute Gasteiger partial charge is 0.255 e. The minimum absolute atomic E-state index is 0.0561. The van der Waals surface area contributed by atoms with Crippen LogP contribution in [0.1, 0.15) is 29.8 Å². The molecule has 1 amide bonds. The zero-order valence-corrected chi connectivity index (χ0v) is 12.9. The molecule has 2 nitrogen and oxygen atoms in total. The van der Waals surface area contributed by atoms with Crippen molar-refractivity contribution in [2.24, 2.45) is 0 Å². The third kappa shape index (κ3) is 3.23. The average molecular weight is 319 g/mol. The van der Waals surface area contributed by atoms with Gasteiger partial charge in [0, 0.05) is 17.9 Å². The van der Waals surface area contributed by atoms with Crippen LogP contribution < -0.4 is 0 Å². The topological polar surface area (TPSA) is 20.3 Å². The number of hydrogen-bond donors (Lipinski definition) is 0. The van der Waals surface area contributed by atoms with E-state index in [1.165, 1.54) is 0 Å². The van der Waals surface area contributed by atoms with Crippen molar-refractivity contribution in [1.82, 2.24) is 4.90 Å². The average Bonchev–Trinajstić information content (AvgIpc) is 2.27. The Morgan fingerprint density at radius 1 is 1.47 bits per heavy atom. The van der Waals surface area contributed by atoms with Gasteiger partial charge in [-0.25, -0.2) is 0 Å². The van der Waals surface area contributed by atoms with Crippen molar-refractivity contribution in [1.29, 1.82) is 0 Å². The molecule has 0 N–H and O–H groups in total. The Balaban J connectivity index is 3.05. The van der Waals surface area contributed by atoms with Gasteiger partial charge in [-0.2, -0.15) is 0 Å². The molecule has 94 valence electrons. The summed E-state index contributed by atoms with van der Waals surface area (Å²) < 4.78 is 0. The van der Waals surface area contributed by atoms with Crippen molar-refractivity contribution in [3.05, 3.63) is 34.3 Å². The number of hydrogen-bond acceptors (Lipinski definition) is 1. The molecule has 0 aliphatic rings. The molecule has 17 heavy (non-hydrogen) atoms. The Kier molecular flexibility index (Phi) is 4.62. The highest BCUT2D eigenvalue weighted by molar-refractivity contribution is 9.09. The molecule has 0 heterocycles. The van der Waals surface area contributed by atoms with Gasteiger partial charge in [-0.3, -0.25) is 4.79 Å². The van der Waals surface area contributed by atoms with Crippen LogP contribution in [0, 0.1) is 6.92 Å². The number of carbonyl (C=O) groups excluding carboxylic acids is 1. The molecule has 0 saturated heterocycles. The number of rotatable bonds is 3. The second-order valence-corrected chi connectivity index (χ2v) is 5.76. The van der Waals surface area contributed by atoms with Crippen LogP contribution >= 0.6 is 27.5 Å². The fraction of sp³-hybridized carbons (Fsp3) is 0.462. The molecule has 0 saturated carbocycles. The number of alkyl halides is 1. The normalized spacial score (nSPS) is 11.4. The highest BCUT2D eigenvalue weighted by atomic mass is 79.9. The summed E-state index contributed by atoms with van der Waals surface area (Å²) in [5.41, 5.74) is 1.36. The fourth-order valence-corrected chi connectivity index (χ4v) is 2.03. The van der Waals surface area contributed by atoms with Gasteiger partial charge in [0.15, 0.2) is 0 Å². The zero-order chi connectivity index (χ0) is 13.2. The molecule has 4 heteroatoms. The summed E-state index contributed by atoms with van der Waals surface area (Å²) in [4.78, 5) is 14.0. The minimum atomic E-state index is -0.245. The maximum absolute atomic E-state index is 12.3. The van der Waals surface area contributed by atoms with Crippen LogP contribution in [0.2, 0.25) is 5.02 Å². The van der Waals surface area contributed by atoms with E-state index in [4.69, 9.17) is 11.6 Å². The van der Waals surface area contributed by atoms with E-state index in [9.17, 15) is 4.79 Å². The van der Waals surface area contributed by atoms with Crippen molar-refractivity contribution in [2.75, 3.05) is 12.4 Å². The number of amides is 1. The van der Waals surface area contributed by atoms with E-state index >= 15 is 0 Å². The van der Waals surface area contributed by atoms with Crippen LogP contribution in [0.25, 0.3) is 0 Å². The molecule has 0 spiro atoms. The quantitative estimate of drug-likeness (QED) is 0.774. The van der Waals surface area contributed by atoms with E-state index in [2.05, 4.69) is 15.9 Å². The lowest BCUT2D eigenvalue weighted by Gasteiger charge is -2.34. The number of aryl methyl sites for hydroxylation is 1. The van der Waals surface area contributed by atoms with Gasteiger partial charge in [-0.15, -0.1) is 0 Å². The van der Waals surface area contributed by atoms with Crippen LogP contribution in [0.5, 0.6) is 0 Å². The van der Waals surface area contributed by atoms with Crippen molar-refractivity contribution in [3.8, 4) is 0 Å². The Bertz CT molecular complexity index is 431. The summed E-state index contributed by atoms with van der Waals surface area (Å²) in [5.74, 6) is -0.0561. The first-order valence-electron chi connectivity index (χ1n) is 5.40. The lowest BCUT2D eigenvalue weighted by molar-refractivity contribution is 0.0664. The summed E-state index contributed by atoms with van der Waals surface area (Å²) in [7, 11) is 1.79. The molecule has 1 aromatic carbocycles. The second-order valence-electron chi connectivity index (χ2n) is 4.79. The van der Waals surface area contributed by atoms with Gasteiger partial charge in [0.05, 0.1) is 10.6 Å². The van der Waals surface area contributed by atoms with Crippen LogP contribution in [-0.2, 0) is 0 Å². The largest absolute Gasteiger partial charge is 0.336 e. The van der Waals surface area contributed by atoms with Gasteiger partial charge in [-0.05, 0) is 38.5 Å². The highest BCUT2D eigenvalue weighted by Gasteiger charge is 2.28. The molecular formula is C13H17BrClNO. The maximum Gasteiger partial charge on any atom is 0.255 e. The first kappa shape index (κ1) is 14.5. The molecule has 1 aromatic rings. The number of halogens is 2. The molecule has 0 radical (unpaired) electrons. The molecule has 0 aromatic heterocycles. The Morgan fingerprint density at radius 3 is 2.53 bits per heavy atom. The number of nitrogens with zero attached hydrogens (tertiary/aromatic N) is 1. The predicted molar refractivity (Wildman–Crippen MR) is 76.2 cm³/mol. The molecule has 0 bridgehead atoms. The van der Waals surface area contributed by atoms with Crippen LogP contribution in [-0.4, -0.2) is 28.7 Å². The van der Waals surface area contributed by atoms with E-state index in [0.29, 0.717) is 15.9 Å². The summed E-state index contributed by atoms with van der Waals surface area (Å²) >= 11 is 9.52. The summed E-state index contributed by atoms with van der Waals surface area (Å²) in [6, 6.07) is 5.48. The van der Waals surface area contributed by atoms with Gasteiger partial charge in [0.2, 0.25) is 0 Å². The standard InChI is InChI=1S/C13H17BrClNO/c1-9-5-6-10(11(15)7-9)12(17)16(4)13(2,3)8-14/h5-7H,8H2,1-4H3. The Morgan fingerprint density at radius 2 is 2.06 bits per heavy atom. The van der Waals surface area contributed by atoms with E-state index in [1.54, 1.807) is 18.0 Å². The molecule has 0 aliphatic heterocycles. The lowest BCUT2D eigenvalue weighted by Crippen LogP contribution is -2.46. The maximum atomic E-state index is 12.3. The van der Waals surface area contributed by atoms with Gasteiger partial charge in [0.25, 0.3) is 5.91 Å². The van der Waals surface area contributed by atoms with Crippen molar-refractivity contribution < 1.29 is 4.79 Å². The van der Waals surface area contributed by atoms with Crippen molar-refractivity contribution in [3.63, 3.8) is 0 Å². The third-order valence-electron chi connectivity index (χ3n) is 2.89. The highest BCUT2D eigenvalue weighted by Crippen LogP contribution is 2.23. The van der Waals surface area contributed by atoms with E-state index in [1.807, 2.05) is 32.9 Å². The molecule has 0 aliphatic carbocycles. The third-order valence-corrected chi connectivity index (χ3v) is 4.58. The summed E-state index contributed by atoms with van der Waals surface area (Å²) in [6.07, 6.45) is 0. The summed E-state index contributed by atoms with van der Waals surface area (Å²) in [6.45, 7) is 5.95. The van der Waals surface area contributed by atoms with Crippen LogP contribution in [0.3, 0.4) is 0 Å². The predicted octanol–water partition coefficient (Wildman–Crippen LogP) is 3.89. The summed E-state index contributed by atoms with van der Waals surface area (Å²) in [5, 5.41) is 1.22. The van der Waals surface area contributed by atoms with Gasteiger partial charge >= 0.3 is 0 Å². The lowest BCUT2D eigenvalue weighted by atomic mass is 10.0. The van der Waals surface area contributed by atoms with E-state index in [-0.39, 0.29) is 11.4 Å². The van der Waals surface area contributed by atoms with Crippen LogP contribution in [0.15, 0.2) is 18.2 Å². The second kappa shape index (κ2) is 5.40. The number of carbonyl (C=O) groups is 1. The molecular weight excluding hydrogens is 302 g/mol. The fourth-order valence-electron chi connectivity index (χ4n) is 1.34. The number of benzene rings is 1. The monoisotopic (exact) mass is 317 g/mol. The van der Waals surface area contributed by atoms with Gasteiger partial charge < -0.3 is 4.90 Å². The Hall–Kier alpha value is -0.540.